The molecule has 0 saturated heterocycles. The van der Waals surface area contributed by atoms with E-state index >= 15 is 0 Å². The lowest BCUT2D eigenvalue weighted by molar-refractivity contribution is 0.0602. The molecule has 0 atom stereocenters. The molecular weight excluding hydrogens is 344 g/mol. The van der Waals surface area contributed by atoms with E-state index in [1.165, 1.54) is 7.11 Å². The molecule has 0 aliphatic heterocycles. The molecule has 0 amide bonds. The molecule has 0 bridgehead atoms. The second kappa shape index (κ2) is 8.18. The van der Waals surface area contributed by atoms with Gasteiger partial charge >= 0.3 is 5.97 Å². The first kappa shape index (κ1) is 18.2. The Balaban J connectivity index is 1.87. The number of aromatic nitrogens is 2. The van der Waals surface area contributed by atoms with Gasteiger partial charge in [0.05, 0.1) is 25.5 Å². The van der Waals surface area contributed by atoms with E-state index in [1.807, 2.05) is 30.3 Å². The van der Waals surface area contributed by atoms with Gasteiger partial charge in [0, 0.05) is 17.8 Å². The summed E-state index contributed by atoms with van der Waals surface area (Å²) in [6.07, 6.45) is 0. The second-order valence-electron chi connectivity index (χ2n) is 5.70. The number of rotatable bonds is 6. The molecule has 0 unspecified atom stereocenters. The van der Waals surface area contributed by atoms with Crippen molar-refractivity contribution in [3.05, 3.63) is 66.0 Å². The maximum atomic E-state index is 11.9. The van der Waals surface area contributed by atoms with Gasteiger partial charge in [-0.05, 0) is 31.2 Å². The molecule has 1 heterocycles. The van der Waals surface area contributed by atoms with Crippen molar-refractivity contribution >= 4 is 29.0 Å². The first-order valence-corrected chi connectivity index (χ1v) is 8.30. The normalized spacial score (nSPS) is 10.2. The Hall–Kier alpha value is -3.61. The fourth-order valence-corrected chi connectivity index (χ4v) is 2.56. The lowest BCUT2D eigenvalue weighted by atomic mass is 10.2. The first-order chi connectivity index (χ1) is 13.1. The van der Waals surface area contributed by atoms with Gasteiger partial charge in [0.15, 0.2) is 0 Å². The largest absolute Gasteiger partial charge is 0.497 e. The van der Waals surface area contributed by atoms with Crippen molar-refractivity contribution in [2.24, 2.45) is 0 Å². The highest BCUT2D eigenvalue weighted by atomic mass is 16.5. The van der Waals surface area contributed by atoms with Crippen LogP contribution in [0.5, 0.6) is 5.75 Å². The Kier molecular flexibility index (Phi) is 5.51. The third kappa shape index (κ3) is 4.52. The van der Waals surface area contributed by atoms with Crippen molar-refractivity contribution in [3.8, 4) is 5.75 Å². The average molecular weight is 364 g/mol. The van der Waals surface area contributed by atoms with Gasteiger partial charge in [0.2, 0.25) is 0 Å². The second-order valence-corrected chi connectivity index (χ2v) is 5.70. The summed E-state index contributed by atoms with van der Waals surface area (Å²) in [5.74, 6) is 2.09. The molecule has 0 saturated carbocycles. The number of anilines is 4. The molecule has 0 radical (unpaired) electrons. The Labute approximate surface area is 157 Å². The fraction of sp³-hybridized carbons (Fsp3) is 0.150. The summed E-state index contributed by atoms with van der Waals surface area (Å²) >= 11 is 0. The minimum absolute atomic E-state index is 0.418. The minimum atomic E-state index is -0.418. The molecule has 0 aliphatic carbocycles. The Bertz CT molecular complexity index is 959. The van der Waals surface area contributed by atoms with Crippen LogP contribution in [0.1, 0.15) is 16.2 Å². The van der Waals surface area contributed by atoms with Crippen LogP contribution in [-0.2, 0) is 4.74 Å². The topological polar surface area (TPSA) is 85.4 Å². The number of methoxy groups -OCH3 is 2. The van der Waals surface area contributed by atoms with Crippen LogP contribution in [-0.4, -0.2) is 30.2 Å². The van der Waals surface area contributed by atoms with E-state index in [2.05, 4.69) is 20.6 Å². The quantitative estimate of drug-likeness (QED) is 0.638. The zero-order valence-electron chi connectivity index (χ0n) is 15.3. The minimum Gasteiger partial charge on any atom is -0.497 e. The van der Waals surface area contributed by atoms with Crippen molar-refractivity contribution in [2.75, 3.05) is 24.9 Å². The number of hydrogen-bond donors (Lipinski definition) is 2. The molecule has 138 valence electrons. The van der Waals surface area contributed by atoms with E-state index in [4.69, 9.17) is 9.47 Å². The third-order valence-corrected chi connectivity index (χ3v) is 3.78. The Morgan fingerprint density at radius 3 is 2.41 bits per heavy atom. The highest BCUT2D eigenvalue weighted by molar-refractivity contribution is 5.96. The van der Waals surface area contributed by atoms with Gasteiger partial charge < -0.3 is 20.1 Å². The first-order valence-electron chi connectivity index (χ1n) is 8.30. The van der Waals surface area contributed by atoms with Crippen molar-refractivity contribution < 1.29 is 14.3 Å². The smallest absolute Gasteiger partial charge is 0.339 e. The highest BCUT2D eigenvalue weighted by Crippen LogP contribution is 2.24. The Morgan fingerprint density at radius 1 is 0.926 bits per heavy atom. The van der Waals surface area contributed by atoms with Gasteiger partial charge in [-0.2, -0.15) is 0 Å². The van der Waals surface area contributed by atoms with Crippen molar-refractivity contribution in [3.63, 3.8) is 0 Å². The molecule has 7 heteroatoms. The van der Waals surface area contributed by atoms with Crippen LogP contribution in [0.25, 0.3) is 0 Å². The van der Waals surface area contributed by atoms with E-state index in [1.54, 1.807) is 38.3 Å². The van der Waals surface area contributed by atoms with Crippen LogP contribution in [0, 0.1) is 6.92 Å². The maximum absolute atomic E-state index is 11.9. The standard InChI is InChI=1S/C20H20N4O3/c1-13-21-18(23-14-7-6-8-15(11-14)26-2)12-19(22-13)24-17-10-5-4-9-16(17)20(25)27-3/h4-12H,1-3H3,(H2,21,22,23,24). The highest BCUT2D eigenvalue weighted by Gasteiger charge is 2.12. The number of nitrogens with zero attached hydrogens (tertiary/aromatic N) is 2. The van der Waals surface area contributed by atoms with Crippen LogP contribution in [0.3, 0.4) is 0 Å². The summed E-state index contributed by atoms with van der Waals surface area (Å²) in [5.41, 5.74) is 1.88. The molecule has 0 aliphatic rings. The average Bonchev–Trinajstić information content (AvgIpc) is 2.67. The van der Waals surface area contributed by atoms with Crippen LogP contribution >= 0.6 is 0 Å². The number of nitrogens with one attached hydrogen (secondary N) is 2. The number of carbonyl (C=O) groups is 1. The molecule has 2 N–H and O–H groups in total. The van der Waals surface area contributed by atoms with Crippen molar-refractivity contribution in [2.45, 2.75) is 6.92 Å². The summed E-state index contributed by atoms with van der Waals surface area (Å²) < 4.78 is 10.1. The monoisotopic (exact) mass is 364 g/mol. The number of esters is 1. The third-order valence-electron chi connectivity index (χ3n) is 3.78. The number of para-hydroxylation sites is 1. The molecular formula is C20H20N4O3. The van der Waals surface area contributed by atoms with E-state index < -0.39 is 5.97 Å². The van der Waals surface area contributed by atoms with E-state index in [-0.39, 0.29) is 0 Å². The van der Waals surface area contributed by atoms with Gasteiger partial charge in [-0.15, -0.1) is 0 Å². The Morgan fingerprint density at radius 2 is 1.67 bits per heavy atom. The summed E-state index contributed by atoms with van der Waals surface area (Å²) in [5, 5.41) is 6.39. The van der Waals surface area contributed by atoms with E-state index in [0.29, 0.717) is 28.7 Å². The SMILES string of the molecule is COC(=O)c1ccccc1Nc1cc(Nc2cccc(OC)c2)nc(C)n1. The van der Waals surface area contributed by atoms with Gasteiger partial charge in [0.1, 0.15) is 23.2 Å². The van der Waals surface area contributed by atoms with E-state index in [9.17, 15) is 4.79 Å². The molecule has 0 spiro atoms. The molecule has 2 aromatic carbocycles. The molecule has 0 fully saturated rings. The zero-order chi connectivity index (χ0) is 19.2. The van der Waals surface area contributed by atoms with Crippen LogP contribution in [0.2, 0.25) is 0 Å². The van der Waals surface area contributed by atoms with Gasteiger partial charge in [-0.3, -0.25) is 0 Å². The lowest BCUT2D eigenvalue weighted by Crippen LogP contribution is -2.07. The van der Waals surface area contributed by atoms with Gasteiger partial charge in [0.25, 0.3) is 0 Å². The summed E-state index contributed by atoms with van der Waals surface area (Å²) in [6, 6.07) is 16.4. The van der Waals surface area contributed by atoms with Gasteiger partial charge in [-0.1, -0.05) is 18.2 Å². The van der Waals surface area contributed by atoms with Crippen LogP contribution in [0.15, 0.2) is 54.6 Å². The molecule has 3 rings (SSSR count). The van der Waals surface area contributed by atoms with Crippen molar-refractivity contribution in [1.29, 1.82) is 0 Å². The number of benzene rings is 2. The maximum Gasteiger partial charge on any atom is 0.339 e. The van der Waals surface area contributed by atoms with Crippen molar-refractivity contribution in [1.82, 2.24) is 9.97 Å². The zero-order valence-corrected chi connectivity index (χ0v) is 15.3. The van der Waals surface area contributed by atoms with Crippen LogP contribution < -0.4 is 15.4 Å². The van der Waals surface area contributed by atoms with Gasteiger partial charge in [-0.25, -0.2) is 14.8 Å². The lowest BCUT2D eigenvalue weighted by Gasteiger charge is -2.12. The predicted octanol–water partition coefficient (Wildman–Crippen LogP) is 4.07. The van der Waals surface area contributed by atoms with E-state index in [0.717, 1.165) is 11.4 Å². The summed E-state index contributed by atoms with van der Waals surface area (Å²) in [6.45, 7) is 1.80. The molecule has 27 heavy (non-hydrogen) atoms. The number of aryl methyl sites for hydroxylation is 1. The number of carbonyl (C=O) groups excluding carboxylic acids is 1. The number of ether oxygens (including phenoxy) is 2. The van der Waals surface area contributed by atoms with Crippen LogP contribution in [0.4, 0.5) is 23.0 Å². The summed E-state index contributed by atoms with van der Waals surface area (Å²) in [7, 11) is 2.97. The molecule has 7 nitrogen and oxygen atoms in total. The predicted molar refractivity (Wildman–Crippen MR) is 104 cm³/mol. The fourth-order valence-electron chi connectivity index (χ4n) is 2.56. The molecule has 1 aromatic heterocycles. The number of hydrogen-bond acceptors (Lipinski definition) is 7. The molecule has 3 aromatic rings. The summed E-state index contributed by atoms with van der Waals surface area (Å²) in [4.78, 5) is 20.7.